The highest BCUT2D eigenvalue weighted by molar-refractivity contribution is 5.92. The Morgan fingerprint density at radius 3 is 2.81 bits per heavy atom. The molecule has 21 heavy (non-hydrogen) atoms. The van der Waals surface area contributed by atoms with E-state index in [1.165, 1.54) is 6.07 Å². The second-order valence-electron chi connectivity index (χ2n) is 5.26. The minimum atomic E-state index is -0.0880. The summed E-state index contributed by atoms with van der Waals surface area (Å²) in [5.74, 6) is 0.896. The van der Waals surface area contributed by atoms with E-state index < -0.39 is 0 Å². The van der Waals surface area contributed by atoms with E-state index in [-0.39, 0.29) is 11.5 Å². The lowest BCUT2D eigenvalue weighted by Gasteiger charge is -2.18. The zero-order chi connectivity index (χ0) is 14.8. The van der Waals surface area contributed by atoms with Gasteiger partial charge in [-0.15, -0.1) is 0 Å². The van der Waals surface area contributed by atoms with E-state index in [0.717, 1.165) is 12.8 Å². The number of hydrogen-bond donors (Lipinski definition) is 0. The molecule has 0 unspecified atom stereocenters. The van der Waals surface area contributed by atoms with Crippen LogP contribution in [0.5, 0.6) is 0 Å². The van der Waals surface area contributed by atoms with Crippen molar-refractivity contribution in [2.24, 2.45) is 0 Å². The van der Waals surface area contributed by atoms with Crippen LogP contribution in [0, 0.1) is 0 Å². The maximum atomic E-state index is 12.4. The second kappa shape index (κ2) is 5.60. The molecule has 0 aliphatic heterocycles. The molecular weight excluding hydrogens is 268 g/mol. The van der Waals surface area contributed by atoms with Crippen molar-refractivity contribution in [2.45, 2.75) is 32.4 Å². The van der Waals surface area contributed by atoms with Gasteiger partial charge in [0.05, 0.1) is 6.54 Å². The lowest BCUT2D eigenvalue weighted by Crippen LogP contribution is -2.32. The molecule has 2 heterocycles. The summed E-state index contributed by atoms with van der Waals surface area (Å²) in [7, 11) is 0. The Kier molecular flexibility index (Phi) is 3.64. The van der Waals surface area contributed by atoms with Crippen LogP contribution in [-0.2, 0) is 6.54 Å². The van der Waals surface area contributed by atoms with Crippen LogP contribution in [0.1, 0.15) is 36.1 Å². The van der Waals surface area contributed by atoms with E-state index in [1.54, 1.807) is 35.0 Å². The van der Waals surface area contributed by atoms with E-state index in [0.29, 0.717) is 30.7 Å². The van der Waals surface area contributed by atoms with Crippen molar-refractivity contribution in [2.75, 3.05) is 6.54 Å². The standard InChI is InChI=1S/C16H18N2O3/c1-2-18(12-6-7-12)16(20)14-9-8-13(21-14)11-17-10-4-3-5-15(17)19/h3-5,8-10,12H,2,6-7,11H2,1H3. The van der Waals surface area contributed by atoms with Crippen molar-refractivity contribution in [1.82, 2.24) is 9.47 Å². The zero-order valence-electron chi connectivity index (χ0n) is 12.0. The zero-order valence-corrected chi connectivity index (χ0v) is 12.0. The smallest absolute Gasteiger partial charge is 0.289 e. The van der Waals surface area contributed by atoms with Crippen LogP contribution in [0.25, 0.3) is 0 Å². The number of amides is 1. The molecule has 1 aliphatic carbocycles. The number of hydrogen-bond acceptors (Lipinski definition) is 3. The van der Waals surface area contributed by atoms with Gasteiger partial charge in [-0.1, -0.05) is 6.07 Å². The third kappa shape index (κ3) is 2.91. The molecule has 5 heteroatoms. The molecule has 5 nitrogen and oxygen atoms in total. The molecule has 2 aromatic rings. The molecule has 2 aromatic heterocycles. The van der Waals surface area contributed by atoms with Gasteiger partial charge in [0.15, 0.2) is 5.76 Å². The first-order valence-corrected chi connectivity index (χ1v) is 7.24. The first-order valence-electron chi connectivity index (χ1n) is 7.24. The summed E-state index contributed by atoms with van der Waals surface area (Å²) in [5, 5.41) is 0. The van der Waals surface area contributed by atoms with Crippen molar-refractivity contribution in [3.05, 3.63) is 58.4 Å². The predicted octanol–water partition coefficient (Wildman–Crippen LogP) is 2.11. The summed E-state index contributed by atoms with van der Waals surface area (Å²) < 4.78 is 7.16. The van der Waals surface area contributed by atoms with Gasteiger partial charge in [-0.3, -0.25) is 9.59 Å². The molecule has 0 bridgehead atoms. The van der Waals surface area contributed by atoms with Crippen molar-refractivity contribution < 1.29 is 9.21 Å². The molecule has 1 amide bonds. The fourth-order valence-corrected chi connectivity index (χ4v) is 2.43. The average Bonchev–Trinajstić information content (AvgIpc) is 3.20. The average molecular weight is 286 g/mol. The Bertz CT molecular complexity index is 697. The summed E-state index contributed by atoms with van der Waals surface area (Å²) in [4.78, 5) is 25.9. The summed E-state index contributed by atoms with van der Waals surface area (Å²) in [6.45, 7) is 3.00. The Balaban J connectivity index is 1.75. The largest absolute Gasteiger partial charge is 0.454 e. The molecule has 0 atom stereocenters. The van der Waals surface area contributed by atoms with Crippen LogP contribution in [0.3, 0.4) is 0 Å². The molecule has 0 radical (unpaired) electrons. The third-order valence-electron chi connectivity index (χ3n) is 3.69. The number of aromatic nitrogens is 1. The van der Waals surface area contributed by atoms with Gasteiger partial charge in [0.1, 0.15) is 5.76 Å². The highest BCUT2D eigenvalue weighted by Crippen LogP contribution is 2.28. The maximum Gasteiger partial charge on any atom is 0.289 e. The number of nitrogens with zero attached hydrogens (tertiary/aromatic N) is 2. The molecule has 0 N–H and O–H groups in total. The van der Waals surface area contributed by atoms with Crippen LogP contribution in [0.4, 0.5) is 0 Å². The summed E-state index contributed by atoms with van der Waals surface area (Å²) in [6.07, 6.45) is 3.86. The molecule has 110 valence electrons. The fraction of sp³-hybridized carbons (Fsp3) is 0.375. The van der Waals surface area contributed by atoms with E-state index in [4.69, 9.17) is 4.42 Å². The Morgan fingerprint density at radius 1 is 1.33 bits per heavy atom. The Hall–Kier alpha value is -2.30. The van der Waals surface area contributed by atoms with Crippen LogP contribution >= 0.6 is 0 Å². The number of carbonyl (C=O) groups excluding carboxylic acids is 1. The van der Waals surface area contributed by atoms with Gasteiger partial charge >= 0.3 is 0 Å². The molecule has 3 rings (SSSR count). The second-order valence-corrected chi connectivity index (χ2v) is 5.26. The van der Waals surface area contributed by atoms with Gasteiger partial charge in [-0.25, -0.2) is 0 Å². The topological polar surface area (TPSA) is 55.5 Å². The quantitative estimate of drug-likeness (QED) is 0.846. The molecule has 0 spiro atoms. The Morgan fingerprint density at radius 2 is 2.14 bits per heavy atom. The molecule has 0 saturated heterocycles. The number of furan rings is 1. The Labute approximate surface area is 122 Å². The highest BCUT2D eigenvalue weighted by atomic mass is 16.4. The predicted molar refractivity (Wildman–Crippen MR) is 78.2 cm³/mol. The van der Waals surface area contributed by atoms with Gasteiger partial charge in [0, 0.05) is 24.8 Å². The first-order chi connectivity index (χ1) is 10.2. The van der Waals surface area contributed by atoms with Gasteiger partial charge in [-0.2, -0.15) is 0 Å². The lowest BCUT2D eigenvalue weighted by atomic mass is 10.3. The van der Waals surface area contributed by atoms with Crippen LogP contribution in [-0.4, -0.2) is 28.0 Å². The van der Waals surface area contributed by atoms with Crippen molar-refractivity contribution >= 4 is 5.91 Å². The van der Waals surface area contributed by atoms with Crippen molar-refractivity contribution in [1.29, 1.82) is 0 Å². The van der Waals surface area contributed by atoms with Crippen LogP contribution in [0.15, 0.2) is 45.7 Å². The normalized spacial score (nSPS) is 14.1. The lowest BCUT2D eigenvalue weighted by molar-refractivity contribution is 0.0718. The molecule has 1 saturated carbocycles. The van der Waals surface area contributed by atoms with Gasteiger partial charge in [0.25, 0.3) is 11.5 Å². The molecule has 1 aliphatic rings. The summed E-state index contributed by atoms with van der Waals surface area (Å²) in [5.41, 5.74) is -0.0880. The first kappa shape index (κ1) is 13.7. The number of carbonyl (C=O) groups is 1. The SMILES string of the molecule is CCN(C(=O)c1ccc(Cn2ccccc2=O)o1)C1CC1. The number of rotatable bonds is 5. The van der Waals surface area contributed by atoms with Crippen molar-refractivity contribution in [3.63, 3.8) is 0 Å². The monoisotopic (exact) mass is 286 g/mol. The van der Waals surface area contributed by atoms with Crippen LogP contribution in [0.2, 0.25) is 0 Å². The molecule has 0 aromatic carbocycles. The molecule has 1 fully saturated rings. The summed E-state index contributed by atoms with van der Waals surface area (Å²) in [6, 6.07) is 8.81. The fourth-order valence-electron chi connectivity index (χ4n) is 2.43. The van der Waals surface area contributed by atoms with Crippen LogP contribution < -0.4 is 5.56 Å². The van der Waals surface area contributed by atoms with Crippen molar-refractivity contribution in [3.8, 4) is 0 Å². The minimum absolute atomic E-state index is 0.0633. The molecular formula is C16H18N2O3. The minimum Gasteiger partial charge on any atom is -0.454 e. The highest BCUT2D eigenvalue weighted by Gasteiger charge is 2.33. The number of pyridine rings is 1. The van der Waals surface area contributed by atoms with E-state index in [1.807, 2.05) is 11.8 Å². The van der Waals surface area contributed by atoms with E-state index >= 15 is 0 Å². The van der Waals surface area contributed by atoms with E-state index in [2.05, 4.69) is 0 Å². The van der Waals surface area contributed by atoms with Gasteiger partial charge in [-0.05, 0) is 38.0 Å². The maximum absolute atomic E-state index is 12.4. The third-order valence-corrected chi connectivity index (χ3v) is 3.69. The van der Waals surface area contributed by atoms with E-state index in [9.17, 15) is 9.59 Å². The summed E-state index contributed by atoms with van der Waals surface area (Å²) >= 11 is 0. The van der Waals surface area contributed by atoms with Gasteiger partial charge < -0.3 is 13.9 Å². The van der Waals surface area contributed by atoms with Gasteiger partial charge in [0.2, 0.25) is 0 Å².